The average molecular weight is 552 g/mol. The lowest BCUT2D eigenvalue weighted by molar-refractivity contribution is 0.102. The molecule has 3 aromatic carbocycles. The van der Waals surface area contributed by atoms with Gasteiger partial charge in [-0.2, -0.15) is 9.40 Å². The minimum atomic E-state index is -3.64. The molecule has 1 N–H and O–H groups in total. The normalized spacial score (nSPS) is 14.3. The first kappa shape index (κ1) is 25.9. The minimum Gasteiger partial charge on any atom is -0.322 e. The number of nitrogens with zero attached hydrogens (tertiary/aromatic N) is 4. The number of piperidine rings is 1. The zero-order chi connectivity index (χ0) is 27.7. The molecule has 1 fully saturated rings. The van der Waals surface area contributed by atoms with E-state index < -0.39 is 10.0 Å². The number of hydrogen-bond acceptors (Lipinski definition) is 5. The molecule has 0 atom stereocenters. The minimum absolute atomic E-state index is 0.171. The summed E-state index contributed by atoms with van der Waals surface area (Å²) in [5.74, 6) is -0.368. The molecule has 0 aliphatic carbocycles. The number of aryl methyl sites for hydroxylation is 1. The van der Waals surface area contributed by atoms with Crippen molar-refractivity contribution in [1.29, 1.82) is 0 Å². The maximum Gasteiger partial charge on any atom is 0.256 e. The summed E-state index contributed by atoms with van der Waals surface area (Å²) in [5, 5.41) is 8.30. The molecule has 9 heteroatoms. The van der Waals surface area contributed by atoms with Crippen molar-refractivity contribution in [3.05, 3.63) is 102 Å². The molecular weight excluding hydrogens is 522 g/mol. The quantitative estimate of drug-likeness (QED) is 0.287. The number of aromatic nitrogens is 3. The maximum atomic E-state index is 13.8. The second-order valence-electron chi connectivity index (χ2n) is 9.90. The number of anilines is 1. The van der Waals surface area contributed by atoms with Crippen LogP contribution in [-0.2, 0) is 10.0 Å². The molecule has 40 heavy (non-hydrogen) atoms. The van der Waals surface area contributed by atoms with Crippen LogP contribution in [0.15, 0.2) is 95.9 Å². The van der Waals surface area contributed by atoms with Gasteiger partial charge in [0.15, 0.2) is 5.65 Å². The molecule has 6 rings (SSSR count). The van der Waals surface area contributed by atoms with Gasteiger partial charge in [0.05, 0.1) is 32.9 Å². The number of rotatable bonds is 6. The molecule has 0 radical (unpaired) electrons. The van der Waals surface area contributed by atoms with Crippen molar-refractivity contribution in [3.63, 3.8) is 0 Å². The highest BCUT2D eigenvalue weighted by Crippen LogP contribution is 2.30. The SMILES string of the molecule is Cc1nn(-c2ccccc2)c2nc(-c3ccccc3)cc(C(=O)Nc3cccc(S(=O)(=O)N4CCCCC4)c3)c12. The number of fused-ring (bicyclic) bond motifs is 1. The lowest BCUT2D eigenvalue weighted by Gasteiger charge is -2.26. The number of para-hydroxylation sites is 1. The van der Waals surface area contributed by atoms with E-state index >= 15 is 0 Å². The van der Waals surface area contributed by atoms with Crippen LogP contribution in [0, 0.1) is 6.92 Å². The maximum absolute atomic E-state index is 13.8. The summed E-state index contributed by atoms with van der Waals surface area (Å²) in [6.45, 7) is 2.88. The van der Waals surface area contributed by atoms with E-state index in [2.05, 4.69) is 5.32 Å². The fraction of sp³-hybridized carbons (Fsp3) is 0.194. The van der Waals surface area contributed by atoms with Gasteiger partial charge < -0.3 is 5.32 Å². The van der Waals surface area contributed by atoms with Crippen LogP contribution in [0.5, 0.6) is 0 Å². The number of sulfonamides is 1. The molecule has 202 valence electrons. The Hall–Kier alpha value is -4.34. The summed E-state index contributed by atoms with van der Waals surface area (Å²) in [6.07, 6.45) is 2.74. The number of nitrogens with one attached hydrogen (secondary N) is 1. The molecule has 0 spiro atoms. The van der Waals surface area contributed by atoms with Crippen molar-refractivity contribution < 1.29 is 13.2 Å². The lowest BCUT2D eigenvalue weighted by atomic mass is 10.0. The largest absolute Gasteiger partial charge is 0.322 e. The second-order valence-corrected chi connectivity index (χ2v) is 11.8. The third-order valence-corrected chi connectivity index (χ3v) is 9.07. The molecule has 1 aliphatic rings. The highest BCUT2D eigenvalue weighted by molar-refractivity contribution is 7.89. The Morgan fingerprint density at radius 2 is 1.55 bits per heavy atom. The van der Waals surface area contributed by atoms with Gasteiger partial charge in [-0.25, -0.2) is 18.1 Å². The number of carbonyl (C=O) groups is 1. The van der Waals surface area contributed by atoms with Crippen molar-refractivity contribution in [2.75, 3.05) is 18.4 Å². The highest BCUT2D eigenvalue weighted by Gasteiger charge is 2.27. The van der Waals surface area contributed by atoms with Crippen LogP contribution in [-0.4, -0.2) is 46.5 Å². The van der Waals surface area contributed by atoms with Gasteiger partial charge in [-0.15, -0.1) is 0 Å². The van der Waals surface area contributed by atoms with E-state index in [-0.39, 0.29) is 10.8 Å². The van der Waals surface area contributed by atoms with Gasteiger partial charge in [0.2, 0.25) is 10.0 Å². The third kappa shape index (κ3) is 4.89. The molecule has 3 heterocycles. The Kier molecular flexibility index (Phi) is 6.91. The van der Waals surface area contributed by atoms with Crippen molar-refractivity contribution in [3.8, 4) is 16.9 Å². The summed E-state index contributed by atoms with van der Waals surface area (Å²) in [7, 11) is -3.64. The first-order valence-electron chi connectivity index (χ1n) is 13.3. The van der Waals surface area contributed by atoms with Crippen LogP contribution in [0.4, 0.5) is 5.69 Å². The molecule has 2 aromatic heterocycles. The summed E-state index contributed by atoms with van der Waals surface area (Å²) < 4.78 is 29.8. The van der Waals surface area contributed by atoms with E-state index in [1.807, 2.05) is 67.6 Å². The summed E-state index contributed by atoms with van der Waals surface area (Å²) in [6, 6.07) is 27.6. The standard InChI is InChI=1S/C31H29N5O3S/c1-22-29-27(31(37)32-24-14-11-17-26(20-24)40(38,39)35-18-9-4-10-19-35)21-28(23-12-5-2-6-13-23)33-30(29)36(34-22)25-15-7-3-8-16-25/h2-3,5-8,11-17,20-21H,4,9-10,18-19H2,1H3,(H,32,37). The number of pyridine rings is 1. The van der Waals surface area contributed by atoms with E-state index in [4.69, 9.17) is 10.1 Å². The van der Waals surface area contributed by atoms with Crippen molar-refractivity contribution in [2.45, 2.75) is 31.1 Å². The average Bonchev–Trinajstić information content (AvgIpc) is 3.34. The van der Waals surface area contributed by atoms with Gasteiger partial charge in [0.25, 0.3) is 5.91 Å². The fourth-order valence-corrected chi connectivity index (χ4v) is 6.72. The highest BCUT2D eigenvalue weighted by atomic mass is 32.2. The first-order chi connectivity index (χ1) is 19.4. The summed E-state index contributed by atoms with van der Waals surface area (Å²) >= 11 is 0. The molecular formula is C31H29N5O3S. The molecule has 5 aromatic rings. The fourth-order valence-electron chi connectivity index (χ4n) is 5.16. The number of carbonyl (C=O) groups excluding carboxylic acids is 1. The molecule has 1 amide bonds. The van der Waals surface area contributed by atoms with E-state index in [0.717, 1.165) is 30.5 Å². The monoisotopic (exact) mass is 551 g/mol. The van der Waals surface area contributed by atoms with Crippen molar-refractivity contribution in [1.82, 2.24) is 19.1 Å². The van der Waals surface area contributed by atoms with Crippen LogP contribution >= 0.6 is 0 Å². The van der Waals surface area contributed by atoms with E-state index in [9.17, 15) is 13.2 Å². The Morgan fingerprint density at radius 1 is 0.850 bits per heavy atom. The Morgan fingerprint density at radius 3 is 2.27 bits per heavy atom. The van der Waals surface area contributed by atoms with Gasteiger partial charge in [-0.1, -0.05) is 61.0 Å². The van der Waals surface area contributed by atoms with Gasteiger partial charge in [-0.3, -0.25) is 4.79 Å². The van der Waals surface area contributed by atoms with E-state index in [1.165, 1.54) is 10.4 Å². The van der Waals surface area contributed by atoms with Crippen LogP contribution in [0.3, 0.4) is 0 Å². The Labute approximate surface area is 233 Å². The van der Waals surface area contributed by atoms with Gasteiger partial charge in [0, 0.05) is 24.3 Å². The van der Waals surface area contributed by atoms with E-state index in [1.54, 1.807) is 28.9 Å². The predicted octanol–water partition coefficient (Wildman–Crippen LogP) is 5.82. The van der Waals surface area contributed by atoms with E-state index in [0.29, 0.717) is 46.8 Å². The number of hydrogen-bond donors (Lipinski definition) is 1. The number of amides is 1. The molecule has 1 saturated heterocycles. The molecule has 0 unspecified atom stereocenters. The van der Waals surface area contributed by atoms with Crippen LogP contribution in [0.1, 0.15) is 35.3 Å². The lowest BCUT2D eigenvalue weighted by Crippen LogP contribution is -2.35. The van der Waals surface area contributed by atoms with Crippen LogP contribution < -0.4 is 5.32 Å². The zero-order valence-electron chi connectivity index (χ0n) is 22.1. The smallest absolute Gasteiger partial charge is 0.256 e. The summed E-state index contributed by atoms with van der Waals surface area (Å²) in [4.78, 5) is 18.9. The molecule has 0 saturated carbocycles. The number of benzene rings is 3. The summed E-state index contributed by atoms with van der Waals surface area (Å²) in [5.41, 5.74) is 4.38. The molecule has 1 aliphatic heterocycles. The van der Waals surface area contributed by atoms with Crippen LogP contribution in [0.2, 0.25) is 0 Å². The van der Waals surface area contributed by atoms with Gasteiger partial charge >= 0.3 is 0 Å². The van der Waals surface area contributed by atoms with Gasteiger partial charge in [0.1, 0.15) is 0 Å². The third-order valence-electron chi connectivity index (χ3n) is 7.17. The predicted molar refractivity (Wildman–Crippen MR) is 156 cm³/mol. The van der Waals surface area contributed by atoms with Gasteiger partial charge in [-0.05, 0) is 56.2 Å². The first-order valence-corrected chi connectivity index (χ1v) is 14.8. The van der Waals surface area contributed by atoms with Crippen molar-refractivity contribution in [2.24, 2.45) is 0 Å². The van der Waals surface area contributed by atoms with Crippen molar-refractivity contribution >= 4 is 32.7 Å². The Balaban J connectivity index is 1.42. The molecule has 0 bridgehead atoms. The zero-order valence-corrected chi connectivity index (χ0v) is 22.9. The second kappa shape index (κ2) is 10.7. The molecule has 8 nitrogen and oxygen atoms in total. The Bertz CT molecular complexity index is 1800. The topological polar surface area (TPSA) is 97.2 Å². The van der Waals surface area contributed by atoms with Crippen LogP contribution in [0.25, 0.3) is 28.0 Å².